The summed E-state index contributed by atoms with van der Waals surface area (Å²) < 4.78 is 11.2. The molecule has 2 fully saturated rings. The maximum absolute atomic E-state index is 10.4. The van der Waals surface area contributed by atoms with E-state index in [9.17, 15) is 4.79 Å². The minimum absolute atomic E-state index is 0.291. The molecule has 2 aliphatic rings. The fraction of sp³-hybridized carbons (Fsp3) is 0.909. The van der Waals surface area contributed by atoms with Crippen molar-refractivity contribution < 1.29 is 19.4 Å². The molecule has 1 N–H and O–H groups in total. The van der Waals surface area contributed by atoms with E-state index in [-0.39, 0.29) is 5.79 Å². The summed E-state index contributed by atoms with van der Waals surface area (Å²) in [7, 11) is 0. The molecule has 0 aromatic carbocycles. The molecule has 0 amide bonds. The van der Waals surface area contributed by atoms with Crippen LogP contribution in [0, 0.1) is 5.92 Å². The molecular formula is C11H18O4. The fourth-order valence-corrected chi connectivity index (χ4v) is 2.52. The first-order valence-corrected chi connectivity index (χ1v) is 5.70. The number of carboxylic acid groups (broad SMARTS) is 1. The summed E-state index contributed by atoms with van der Waals surface area (Å²) in [5.41, 5.74) is 0. The molecule has 86 valence electrons. The van der Waals surface area contributed by atoms with E-state index in [1.54, 1.807) is 0 Å². The Kier molecular flexibility index (Phi) is 3.26. The van der Waals surface area contributed by atoms with Crippen molar-refractivity contribution in [2.24, 2.45) is 5.92 Å². The zero-order chi connectivity index (χ0) is 10.7. The van der Waals surface area contributed by atoms with Crippen LogP contribution < -0.4 is 0 Å². The third-order valence-electron chi connectivity index (χ3n) is 3.45. The van der Waals surface area contributed by atoms with Crippen LogP contribution in [0.25, 0.3) is 0 Å². The molecule has 0 aromatic heterocycles. The lowest BCUT2D eigenvalue weighted by molar-refractivity contribution is -0.182. The summed E-state index contributed by atoms with van der Waals surface area (Å²) >= 11 is 0. The third kappa shape index (κ3) is 2.69. The Balaban J connectivity index is 1.74. The molecule has 1 aliphatic heterocycles. The molecule has 0 bridgehead atoms. The van der Waals surface area contributed by atoms with Crippen LogP contribution in [0.5, 0.6) is 0 Å². The highest BCUT2D eigenvalue weighted by atomic mass is 16.7. The highest BCUT2D eigenvalue weighted by molar-refractivity contribution is 5.66. The lowest BCUT2D eigenvalue weighted by Gasteiger charge is -2.35. The normalized spacial score (nSPS) is 25.9. The van der Waals surface area contributed by atoms with E-state index >= 15 is 0 Å². The Morgan fingerprint density at radius 3 is 2.40 bits per heavy atom. The quantitative estimate of drug-likeness (QED) is 0.778. The monoisotopic (exact) mass is 214 g/mol. The molecule has 1 saturated heterocycles. The van der Waals surface area contributed by atoms with E-state index < -0.39 is 5.97 Å². The molecule has 0 unspecified atom stereocenters. The zero-order valence-electron chi connectivity index (χ0n) is 8.91. The van der Waals surface area contributed by atoms with E-state index in [0.717, 1.165) is 32.1 Å². The minimum atomic E-state index is -0.691. The van der Waals surface area contributed by atoms with Gasteiger partial charge in [0.1, 0.15) is 0 Å². The van der Waals surface area contributed by atoms with Crippen LogP contribution >= 0.6 is 0 Å². The first-order valence-electron chi connectivity index (χ1n) is 5.70. The second kappa shape index (κ2) is 4.49. The Morgan fingerprint density at radius 2 is 1.87 bits per heavy atom. The number of hydrogen-bond donors (Lipinski definition) is 1. The smallest absolute Gasteiger partial charge is 0.303 e. The molecule has 4 nitrogen and oxygen atoms in total. The molecule has 1 heterocycles. The van der Waals surface area contributed by atoms with Crippen LogP contribution in [0.2, 0.25) is 0 Å². The Hall–Kier alpha value is -0.610. The molecule has 2 rings (SSSR count). The summed E-state index contributed by atoms with van der Waals surface area (Å²) in [6.07, 6.45) is 5.01. The van der Waals surface area contributed by atoms with Crippen LogP contribution in [0.3, 0.4) is 0 Å². The lowest BCUT2D eigenvalue weighted by Crippen LogP contribution is -2.35. The zero-order valence-corrected chi connectivity index (χ0v) is 8.91. The summed E-state index contributed by atoms with van der Waals surface area (Å²) in [6.45, 7) is 1.42. The highest BCUT2D eigenvalue weighted by Gasteiger charge is 2.40. The van der Waals surface area contributed by atoms with Crippen LogP contribution in [0.1, 0.15) is 38.5 Å². The van der Waals surface area contributed by atoms with Crippen LogP contribution in [-0.2, 0) is 14.3 Å². The summed E-state index contributed by atoms with van der Waals surface area (Å²) in [6, 6.07) is 0. The molecule has 0 radical (unpaired) electrons. The minimum Gasteiger partial charge on any atom is -0.481 e. The largest absolute Gasteiger partial charge is 0.481 e. The van der Waals surface area contributed by atoms with Crippen molar-refractivity contribution in [3.63, 3.8) is 0 Å². The predicted octanol–water partition coefficient (Wildman–Crippen LogP) is 1.78. The van der Waals surface area contributed by atoms with E-state index in [1.165, 1.54) is 0 Å². The lowest BCUT2D eigenvalue weighted by atomic mass is 9.82. The Labute approximate surface area is 89.6 Å². The molecule has 0 atom stereocenters. The molecular weight excluding hydrogens is 196 g/mol. The van der Waals surface area contributed by atoms with E-state index in [1.807, 2.05) is 0 Å². The second-order valence-electron chi connectivity index (χ2n) is 4.48. The average Bonchev–Trinajstić information content (AvgIpc) is 2.66. The van der Waals surface area contributed by atoms with E-state index in [2.05, 4.69) is 0 Å². The molecule has 1 spiro atoms. The van der Waals surface area contributed by atoms with Gasteiger partial charge >= 0.3 is 5.97 Å². The predicted molar refractivity (Wildman–Crippen MR) is 53.5 cm³/mol. The van der Waals surface area contributed by atoms with Gasteiger partial charge in [0.15, 0.2) is 5.79 Å². The van der Waals surface area contributed by atoms with E-state index in [0.29, 0.717) is 25.6 Å². The molecule has 0 aromatic rings. The summed E-state index contributed by atoms with van der Waals surface area (Å²) in [4.78, 5) is 10.4. The number of rotatable bonds is 3. The first kappa shape index (κ1) is 10.9. The third-order valence-corrected chi connectivity index (χ3v) is 3.45. The Bertz CT molecular complexity index is 223. The topological polar surface area (TPSA) is 55.8 Å². The highest BCUT2D eigenvalue weighted by Crippen LogP contribution is 2.39. The van der Waals surface area contributed by atoms with Gasteiger partial charge in [-0.2, -0.15) is 0 Å². The van der Waals surface area contributed by atoms with Crippen molar-refractivity contribution >= 4 is 5.97 Å². The fourth-order valence-electron chi connectivity index (χ4n) is 2.52. The van der Waals surface area contributed by atoms with Crippen LogP contribution in [0.15, 0.2) is 0 Å². The van der Waals surface area contributed by atoms with Gasteiger partial charge < -0.3 is 14.6 Å². The van der Waals surface area contributed by atoms with Gasteiger partial charge in [-0.15, -0.1) is 0 Å². The van der Waals surface area contributed by atoms with Gasteiger partial charge in [-0.3, -0.25) is 4.79 Å². The van der Waals surface area contributed by atoms with Gasteiger partial charge in [0.05, 0.1) is 13.2 Å². The van der Waals surface area contributed by atoms with Crippen LogP contribution in [0.4, 0.5) is 0 Å². The first-order chi connectivity index (χ1) is 7.20. The number of ether oxygens (including phenoxy) is 2. The van der Waals surface area contributed by atoms with Gasteiger partial charge in [0.25, 0.3) is 0 Å². The Morgan fingerprint density at radius 1 is 1.27 bits per heavy atom. The van der Waals surface area contributed by atoms with E-state index in [4.69, 9.17) is 14.6 Å². The summed E-state index contributed by atoms with van der Waals surface area (Å²) in [5.74, 6) is -0.456. The average molecular weight is 214 g/mol. The molecule has 4 heteroatoms. The number of carbonyl (C=O) groups is 1. The van der Waals surface area contributed by atoms with Crippen molar-refractivity contribution in [1.29, 1.82) is 0 Å². The second-order valence-corrected chi connectivity index (χ2v) is 4.48. The molecule has 1 saturated carbocycles. The maximum Gasteiger partial charge on any atom is 0.303 e. The van der Waals surface area contributed by atoms with Crippen molar-refractivity contribution in [1.82, 2.24) is 0 Å². The van der Waals surface area contributed by atoms with Gasteiger partial charge in [-0.05, 0) is 25.2 Å². The van der Waals surface area contributed by atoms with Crippen molar-refractivity contribution in [3.8, 4) is 0 Å². The maximum atomic E-state index is 10.4. The standard InChI is InChI=1S/C11H18O4/c12-10(13)2-1-9-3-5-11(6-4-9)14-7-8-15-11/h9H,1-8H2,(H,12,13). The molecule has 15 heavy (non-hydrogen) atoms. The SMILES string of the molecule is O=C(O)CCC1CCC2(CC1)OCCO2. The van der Waals surface area contributed by atoms with Gasteiger partial charge in [0.2, 0.25) is 0 Å². The van der Waals surface area contributed by atoms with Crippen molar-refractivity contribution in [2.75, 3.05) is 13.2 Å². The van der Waals surface area contributed by atoms with Crippen molar-refractivity contribution in [3.05, 3.63) is 0 Å². The van der Waals surface area contributed by atoms with Crippen molar-refractivity contribution in [2.45, 2.75) is 44.3 Å². The summed E-state index contributed by atoms with van der Waals surface area (Å²) in [5, 5.41) is 8.60. The number of hydrogen-bond acceptors (Lipinski definition) is 3. The van der Waals surface area contributed by atoms with Gasteiger partial charge in [-0.1, -0.05) is 0 Å². The number of carboxylic acids is 1. The molecule has 1 aliphatic carbocycles. The number of aliphatic carboxylic acids is 1. The van der Waals surface area contributed by atoms with Gasteiger partial charge in [-0.25, -0.2) is 0 Å². The van der Waals surface area contributed by atoms with Gasteiger partial charge in [0, 0.05) is 19.3 Å². The van der Waals surface area contributed by atoms with Crippen LogP contribution in [-0.4, -0.2) is 30.1 Å².